The lowest BCUT2D eigenvalue weighted by molar-refractivity contribution is -0.149. The number of hydrogen-bond acceptors (Lipinski definition) is 6. The minimum absolute atomic E-state index is 0.0991. The number of nitrogens with zero attached hydrogens (tertiary/aromatic N) is 4. The maximum absolute atomic E-state index is 13.8. The first-order chi connectivity index (χ1) is 15.8. The minimum atomic E-state index is -4.52. The van der Waals surface area contributed by atoms with Crippen LogP contribution in [0, 0.1) is 0 Å². The van der Waals surface area contributed by atoms with E-state index in [0.717, 1.165) is 31.6 Å². The third-order valence-electron chi connectivity index (χ3n) is 6.37. The number of aromatic nitrogens is 3. The van der Waals surface area contributed by atoms with Gasteiger partial charge in [0.15, 0.2) is 11.3 Å². The van der Waals surface area contributed by atoms with Gasteiger partial charge in [-0.2, -0.15) is 18.3 Å². The Hall–Kier alpha value is -3.34. The highest BCUT2D eigenvalue weighted by Gasteiger charge is 2.41. The molecule has 8 nitrogen and oxygen atoms in total. The van der Waals surface area contributed by atoms with Crippen LogP contribution in [0.3, 0.4) is 0 Å². The van der Waals surface area contributed by atoms with Crippen molar-refractivity contribution in [3.8, 4) is 0 Å². The molecule has 2 saturated heterocycles. The molecule has 0 radical (unpaired) electrons. The first-order valence-corrected chi connectivity index (χ1v) is 10.8. The normalized spacial score (nSPS) is 21.4. The van der Waals surface area contributed by atoms with Crippen molar-refractivity contribution >= 4 is 22.9 Å². The van der Waals surface area contributed by atoms with Gasteiger partial charge in [-0.05, 0) is 36.6 Å². The molecule has 3 aromatic rings. The number of carbonyl (C=O) groups excluding carboxylic acids is 1. The van der Waals surface area contributed by atoms with Crippen molar-refractivity contribution in [3.63, 3.8) is 0 Å². The zero-order valence-corrected chi connectivity index (χ0v) is 17.7. The van der Waals surface area contributed by atoms with E-state index in [1.165, 1.54) is 22.8 Å². The number of anilines is 2. The van der Waals surface area contributed by atoms with Gasteiger partial charge in [0.05, 0.1) is 17.8 Å². The van der Waals surface area contributed by atoms with Gasteiger partial charge in [-0.1, -0.05) is 12.1 Å². The third kappa shape index (κ3) is 4.32. The molecule has 5 rings (SSSR count). The van der Waals surface area contributed by atoms with Crippen LogP contribution < -0.4 is 21.3 Å². The number of nitrogen functional groups attached to an aromatic ring is 1. The smallest absolute Gasteiger partial charge is 0.396 e. The van der Waals surface area contributed by atoms with Crippen LogP contribution in [0.1, 0.15) is 34.8 Å². The Morgan fingerprint density at radius 2 is 1.88 bits per heavy atom. The Balaban J connectivity index is 1.29. The topological polar surface area (TPSA) is 101 Å². The Bertz CT molecular complexity index is 1150. The van der Waals surface area contributed by atoms with Crippen molar-refractivity contribution in [1.29, 1.82) is 0 Å². The van der Waals surface area contributed by atoms with Gasteiger partial charge in [0, 0.05) is 43.6 Å². The Kier molecular flexibility index (Phi) is 5.35. The van der Waals surface area contributed by atoms with Crippen LogP contribution in [-0.4, -0.2) is 58.4 Å². The largest absolute Gasteiger partial charge is 0.397 e. The molecule has 1 amide bonds. The van der Waals surface area contributed by atoms with Crippen LogP contribution in [0.4, 0.5) is 24.5 Å². The molecule has 11 heteroatoms. The first-order valence-electron chi connectivity index (χ1n) is 10.8. The molecule has 3 atom stereocenters. The van der Waals surface area contributed by atoms with Gasteiger partial charge in [-0.25, -0.2) is 9.50 Å². The summed E-state index contributed by atoms with van der Waals surface area (Å²) in [5.41, 5.74) is 7.28. The van der Waals surface area contributed by atoms with Crippen LogP contribution in [0.25, 0.3) is 5.65 Å². The summed E-state index contributed by atoms with van der Waals surface area (Å²) in [4.78, 5) is 18.8. The fourth-order valence-electron chi connectivity index (χ4n) is 4.64. The summed E-state index contributed by atoms with van der Waals surface area (Å²) < 4.78 is 42.9. The van der Waals surface area contributed by atoms with E-state index in [9.17, 15) is 18.0 Å². The van der Waals surface area contributed by atoms with E-state index in [0.29, 0.717) is 17.8 Å². The minimum Gasteiger partial charge on any atom is -0.396 e. The SMILES string of the molecule is Nc1ccn2ncc(C(=O)NC[C@H](c3ccc(N4CC5CCC(C4)N5)cc3)C(F)(F)F)nc12. The second kappa shape index (κ2) is 8.22. The Morgan fingerprint density at radius 3 is 2.55 bits per heavy atom. The zero-order valence-electron chi connectivity index (χ0n) is 17.7. The number of rotatable bonds is 5. The summed E-state index contributed by atoms with van der Waals surface area (Å²) in [7, 11) is 0. The monoisotopic (exact) mass is 459 g/mol. The number of piperazine rings is 1. The number of hydrogen-bond donors (Lipinski definition) is 3. The van der Waals surface area contributed by atoms with E-state index < -0.39 is 24.5 Å². The highest BCUT2D eigenvalue weighted by molar-refractivity contribution is 5.92. The predicted molar refractivity (Wildman–Crippen MR) is 117 cm³/mol. The molecule has 1 aromatic carbocycles. The number of nitrogens with two attached hydrogens (primary N) is 1. The van der Waals surface area contributed by atoms with E-state index in [-0.39, 0.29) is 16.9 Å². The fourth-order valence-corrected chi connectivity index (χ4v) is 4.64. The maximum Gasteiger partial charge on any atom is 0.397 e. The van der Waals surface area contributed by atoms with Crippen molar-refractivity contribution in [2.24, 2.45) is 0 Å². The zero-order chi connectivity index (χ0) is 23.2. The second-order valence-corrected chi connectivity index (χ2v) is 8.62. The van der Waals surface area contributed by atoms with Crippen molar-refractivity contribution in [2.45, 2.75) is 37.0 Å². The van der Waals surface area contributed by atoms with E-state index in [4.69, 9.17) is 5.73 Å². The average molecular weight is 459 g/mol. The van der Waals surface area contributed by atoms with E-state index in [1.54, 1.807) is 24.4 Å². The van der Waals surface area contributed by atoms with Gasteiger partial charge in [0.25, 0.3) is 5.91 Å². The molecule has 0 spiro atoms. The van der Waals surface area contributed by atoms with Gasteiger partial charge >= 0.3 is 6.18 Å². The molecule has 174 valence electrons. The molecular formula is C22H24F3N7O. The molecule has 0 saturated carbocycles. The molecule has 2 bridgehead atoms. The number of amides is 1. The molecule has 33 heavy (non-hydrogen) atoms. The second-order valence-electron chi connectivity index (χ2n) is 8.62. The average Bonchev–Trinajstić information content (AvgIpc) is 3.33. The van der Waals surface area contributed by atoms with Gasteiger partial charge in [-0.3, -0.25) is 4.79 Å². The number of nitrogens with one attached hydrogen (secondary N) is 2. The lowest BCUT2D eigenvalue weighted by Gasteiger charge is -2.34. The molecule has 4 heterocycles. The quantitative estimate of drug-likeness (QED) is 0.542. The van der Waals surface area contributed by atoms with Crippen molar-refractivity contribution in [2.75, 3.05) is 30.3 Å². The molecule has 0 aliphatic carbocycles. The lowest BCUT2D eigenvalue weighted by Crippen LogP contribution is -2.51. The van der Waals surface area contributed by atoms with Crippen molar-refractivity contribution in [1.82, 2.24) is 25.2 Å². The molecule has 2 aliphatic rings. The molecular weight excluding hydrogens is 435 g/mol. The maximum atomic E-state index is 13.8. The summed E-state index contributed by atoms with van der Waals surface area (Å²) in [6.45, 7) is 1.10. The molecule has 2 aliphatic heterocycles. The summed E-state index contributed by atoms with van der Waals surface area (Å²) in [6, 6.07) is 8.90. The lowest BCUT2D eigenvalue weighted by atomic mass is 9.97. The van der Waals surface area contributed by atoms with Crippen LogP contribution in [-0.2, 0) is 0 Å². The van der Waals surface area contributed by atoms with Crippen LogP contribution in [0.15, 0.2) is 42.7 Å². The van der Waals surface area contributed by atoms with Crippen LogP contribution in [0.5, 0.6) is 0 Å². The number of benzene rings is 1. The highest BCUT2D eigenvalue weighted by atomic mass is 19.4. The number of halogens is 3. The van der Waals surface area contributed by atoms with E-state index in [2.05, 4.69) is 25.6 Å². The molecule has 4 N–H and O–H groups in total. The number of fused-ring (bicyclic) bond motifs is 3. The predicted octanol–water partition coefficient (Wildman–Crippen LogP) is 2.33. The van der Waals surface area contributed by atoms with Gasteiger partial charge in [0.1, 0.15) is 0 Å². The third-order valence-corrected chi connectivity index (χ3v) is 6.37. The van der Waals surface area contributed by atoms with Crippen molar-refractivity contribution in [3.05, 3.63) is 54.0 Å². The summed E-state index contributed by atoms with van der Waals surface area (Å²) in [6.07, 6.45) is 0.505. The number of alkyl halides is 3. The summed E-state index contributed by atoms with van der Waals surface area (Å²) in [5, 5.41) is 9.90. The van der Waals surface area contributed by atoms with Crippen molar-refractivity contribution < 1.29 is 18.0 Å². The van der Waals surface area contributed by atoms with Gasteiger partial charge in [0.2, 0.25) is 0 Å². The van der Waals surface area contributed by atoms with Gasteiger partial charge < -0.3 is 21.3 Å². The fraction of sp³-hybridized carbons (Fsp3) is 0.409. The van der Waals surface area contributed by atoms with Crippen LogP contribution in [0.2, 0.25) is 0 Å². The Morgan fingerprint density at radius 1 is 1.18 bits per heavy atom. The standard InChI is InChI=1S/C22H24F3N7O/c23-22(24,25)17(9-27-21(33)19-10-28-32-8-7-18(26)20(32)30-19)13-1-5-16(6-2-13)31-11-14-3-4-15(12-31)29-14/h1-2,5-8,10,14-15,17,29H,3-4,9,11-12,26H2,(H,27,33)/t14?,15?,17-/m1/s1. The highest BCUT2D eigenvalue weighted by Crippen LogP contribution is 2.35. The van der Waals surface area contributed by atoms with Gasteiger partial charge in [-0.15, -0.1) is 0 Å². The van der Waals surface area contributed by atoms with E-state index in [1.807, 2.05) is 0 Å². The summed E-state index contributed by atoms with van der Waals surface area (Å²) in [5.74, 6) is -2.59. The van der Waals surface area contributed by atoms with Crippen LogP contribution >= 0.6 is 0 Å². The first kappa shape index (κ1) is 21.5. The summed E-state index contributed by atoms with van der Waals surface area (Å²) >= 11 is 0. The van der Waals surface area contributed by atoms with E-state index >= 15 is 0 Å². The molecule has 2 fully saturated rings. The Labute approximate surface area is 188 Å². The molecule has 2 aromatic heterocycles. The molecule has 2 unspecified atom stereocenters. The number of carbonyl (C=O) groups is 1.